The van der Waals surface area contributed by atoms with Gasteiger partial charge in [0, 0.05) is 36.8 Å². The van der Waals surface area contributed by atoms with E-state index in [0.29, 0.717) is 17.1 Å². The lowest BCUT2D eigenvalue weighted by atomic mass is 10.2. The number of fused-ring (bicyclic) bond motifs is 1. The lowest BCUT2D eigenvalue weighted by molar-refractivity contribution is 0.0391. The summed E-state index contributed by atoms with van der Waals surface area (Å²) >= 11 is 7.67. The Balaban J connectivity index is 0.00000240. The number of para-hydroxylation sites is 1. The minimum absolute atomic E-state index is 0. The zero-order valence-corrected chi connectivity index (χ0v) is 18.5. The Labute approximate surface area is 185 Å². The van der Waals surface area contributed by atoms with Gasteiger partial charge in [-0.15, -0.1) is 12.4 Å². The van der Waals surface area contributed by atoms with Crippen LogP contribution in [0.5, 0.6) is 0 Å². The van der Waals surface area contributed by atoms with E-state index in [1.807, 2.05) is 25.1 Å². The van der Waals surface area contributed by atoms with Crippen LogP contribution in [0.2, 0.25) is 5.02 Å². The minimum Gasteiger partial charge on any atom is -0.379 e. The first-order valence-electron chi connectivity index (χ1n) is 9.35. The summed E-state index contributed by atoms with van der Waals surface area (Å²) in [7, 11) is 0. The van der Waals surface area contributed by atoms with E-state index >= 15 is 0 Å². The van der Waals surface area contributed by atoms with Crippen LogP contribution in [0.3, 0.4) is 0 Å². The highest BCUT2D eigenvalue weighted by Gasteiger charge is 2.23. The predicted molar refractivity (Wildman–Crippen MR) is 122 cm³/mol. The highest BCUT2D eigenvalue weighted by atomic mass is 35.5. The molecular weight excluding hydrogens is 429 g/mol. The molecule has 1 aliphatic rings. The van der Waals surface area contributed by atoms with Crippen molar-refractivity contribution in [3.8, 4) is 0 Å². The van der Waals surface area contributed by atoms with Crippen molar-refractivity contribution in [2.24, 2.45) is 0 Å². The van der Waals surface area contributed by atoms with E-state index in [2.05, 4.69) is 4.90 Å². The predicted octanol–water partition coefficient (Wildman–Crippen LogP) is 4.66. The number of hydrogen-bond acceptors (Lipinski definition) is 5. The number of amides is 1. The van der Waals surface area contributed by atoms with E-state index in [-0.39, 0.29) is 18.3 Å². The van der Waals surface area contributed by atoms with Crippen LogP contribution < -0.4 is 4.90 Å². The van der Waals surface area contributed by atoms with E-state index in [0.717, 1.165) is 53.8 Å². The van der Waals surface area contributed by atoms with Gasteiger partial charge in [0.15, 0.2) is 5.13 Å². The van der Waals surface area contributed by atoms with E-state index in [1.54, 1.807) is 40.5 Å². The first kappa shape index (κ1) is 22.0. The van der Waals surface area contributed by atoms with Crippen molar-refractivity contribution < 1.29 is 9.53 Å². The summed E-state index contributed by atoms with van der Waals surface area (Å²) in [6, 6.07) is 13.2. The molecule has 3 aromatic rings. The van der Waals surface area contributed by atoms with Crippen LogP contribution in [0, 0.1) is 6.92 Å². The van der Waals surface area contributed by atoms with E-state index < -0.39 is 0 Å². The second-order valence-corrected chi connectivity index (χ2v) is 8.28. The van der Waals surface area contributed by atoms with Crippen LogP contribution in [0.15, 0.2) is 42.5 Å². The number of carbonyl (C=O) groups is 1. The van der Waals surface area contributed by atoms with Gasteiger partial charge in [-0.3, -0.25) is 14.6 Å². The number of hydrogen-bond donors (Lipinski definition) is 0. The van der Waals surface area contributed by atoms with Crippen LogP contribution in [0.1, 0.15) is 15.9 Å². The minimum atomic E-state index is -0.0764. The number of carbonyl (C=O) groups excluding carboxylic acids is 1. The Morgan fingerprint density at radius 1 is 1.24 bits per heavy atom. The van der Waals surface area contributed by atoms with Gasteiger partial charge in [0.05, 0.1) is 23.4 Å². The number of ether oxygens (including phenoxy) is 1. The highest BCUT2D eigenvalue weighted by molar-refractivity contribution is 7.22. The summed E-state index contributed by atoms with van der Waals surface area (Å²) < 4.78 is 6.52. The third-order valence-corrected chi connectivity index (χ3v) is 6.18. The lowest BCUT2D eigenvalue weighted by Crippen LogP contribution is -2.43. The molecule has 0 saturated carbocycles. The molecule has 2 aromatic carbocycles. The maximum atomic E-state index is 13.3. The van der Waals surface area contributed by atoms with Gasteiger partial charge in [0.25, 0.3) is 5.91 Å². The summed E-state index contributed by atoms with van der Waals surface area (Å²) in [4.78, 5) is 22.2. The number of thiazole rings is 1. The number of rotatable bonds is 5. The summed E-state index contributed by atoms with van der Waals surface area (Å²) in [5.74, 6) is -0.0764. The van der Waals surface area contributed by atoms with Crippen LogP contribution in [-0.4, -0.2) is 55.2 Å². The quantitative estimate of drug-likeness (QED) is 0.565. The zero-order valence-electron chi connectivity index (χ0n) is 16.1. The van der Waals surface area contributed by atoms with Crippen LogP contribution >= 0.6 is 35.3 Å². The molecule has 2 heterocycles. The molecule has 4 rings (SSSR count). The number of morpholine rings is 1. The van der Waals surface area contributed by atoms with Crippen LogP contribution in [0.25, 0.3) is 10.2 Å². The average molecular weight is 452 g/mol. The summed E-state index contributed by atoms with van der Waals surface area (Å²) in [6.07, 6.45) is 0. The molecule has 29 heavy (non-hydrogen) atoms. The first-order valence-corrected chi connectivity index (χ1v) is 10.5. The number of aryl methyl sites for hydroxylation is 1. The standard InChI is InChI=1S/C21H22ClN3O2S.ClH/c1-15-4-2-7-18-19(15)23-21(28-18)25(9-8-24-10-12-27-13-11-24)20(26)16-5-3-6-17(22)14-16;/h2-7,14H,8-13H2,1H3;1H. The number of nitrogens with zero attached hydrogens (tertiary/aromatic N) is 3. The van der Waals surface area contributed by atoms with Crippen molar-refractivity contribution >= 4 is 56.6 Å². The van der Waals surface area contributed by atoms with Crippen LogP contribution in [0.4, 0.5) is 5.13 Å². The van der Waals surface area contributed by atoms with Gasteiger partial charge in [-0.1, -0.05) is 41.1 Å². The van der Waals surface area contributed by atoms with Crippen molar-refractivity contribution in [1.29, 1.82) is 0 Å². The second kappa shape index (κ2) is 9.87. The van der Waals surface area contributed by atoms with Gasteiger partial charge in [-0.05, 0) is 36.8 Å². The molecule has 0 aliphatic carbocycles. The number of anilines is 1. The van der Waals surface area contributed by atoms with Crippen molar-refractivity contribution in [2.75, 3.05) is 44.3 Å². The maximum Gasteiger partial charge on any atom is 0.260 e. The molecule has 0 atom stereocenters. The monoisotopic (exact) mass is 451 g/mol. The molecule has 5 nitrogen and oxygen atoms in total. The Morgan fingerprint density at radius 2 is 2.00 bits per heavy atom. The Bertz CT molecular complexity index is 989. The zero-order chi connectivity index (χ0) is 19.5. The fraction of sp³-hybridized carbons (Fsp3) is 0.333. The molecule has 1 fully saturated rings. The third-order valence-electron chi connectivity index (χ3n) is 4.90. The van der Waals surface area contributed by atoms with E-state index in [9.17, 15) is 4.79 Å². The van der Waals surface area contributed by atoms with Crippen molar-refractivity contribution in [3.63, 3.8) is 0 Å². The van der Waals surface area contributed by atoms with Gasteiger partial charge in [-0.2, -0.15) is 0 Å². The fourth-order valence-corrected chi connectivity index (χ4v) is 4.58. The Morgan fingerprint density at radius 3 is 2.72 bits per heavy atom. The maximum absolute atomic E-state index is 13.3. The van der Waals surface area contributed by atoms with Gasteiger partial charge in [-0.25, -0.2) is 4.98 Å². The molecule has 0 unspecified atom stereocenters. The number of aromatic nitrogens is 1. The SMILES string of the molecule is Cc1cccc2sc(N(CCN3CCOCC3)C(=O)c3cccc(Cl)c3)nc12.Cl. The largest absolute Gasteiger partial charge is 0.379 e. The second-order valence-electron chi connectivity index (χ2n) is 6.84. The average Bonchev–Trinajstić information content (AvgIpc) is 3.14. The Kier molecular flexibility index (Phi) is 7.49. The summed E-state index contributed by atoms with van der Waals surface area (Å²) in [5, 5.41) is 1.28. The summed E-state index contributed by atoms with van der Waals surface area (Å²) in [6.45, 7) is 6.65. The number of benzene rings is 2. The molecule has 154 valence electrons. The third kappa shape index (κ3) is 5.08. The first-order chi connectivity index (χ1) is 13.6. The van der Waals surface area contributed by atoms with Crippen LogP contribution in [-0.2, 0) is 4.74 Å². The van der Waals surface area contributed by atoms with E-state index in [1.165, 1.54) is 0 Å². The van der Waals surface area contributed by atoms with Crippen molar-refractivity contribution in [3.05, 3.63) is 58.6 Å². The molecule has 0 radical (unpaired) electrons. The van der Waals surface area contributed by atoms with Crippen molar-refractivity contribution in [1.82, 2.24) is 9.88 Å². The molecular formula is C21H23Cl2N3O2S. The normalized spacial score (nSPS) is 14.6. The van der Waals surface area contributed by atoms with Gasteiger partial charge in [0.1, 0.15) is 0 Å². The molecule has 1 saturated heterocycles. The topological polar surface area (TPSA) is 45.7 Å². The van der Waals surface area contributed by atoms with Gasteiger partial charge < -0.3 is 4.74 Å². The molecule has 1 aliphatic heterocycles. The molecule has 1 aromatic heterocycles. The van der Waals surface area contributed by atoms with Gasteiger partial charge >= 0.3 is 0 Å². The van der Waals surface area contributed by atoms with Crippen molar-refractivity contribution in [2.45, 2.75) is 6.92 Å². The summed E-state index contributed by atoms with van der Waals surface area (Å²) in [5.41, 5.74) is 2.64. The Hall–Kier alpha value is -1.70. The lowest BCUT2D eigenvalue weighted by Gasteiger charge is -2.29. The van der Waals surface area contributed by atoms with Gasteiger partial charge in [0.2, 0.25) is 0 Å². The smallest absolute Gasteiger partial charge is 0.260 e. The molecule has 1 amide bonds. The molecule has 8 heteroatoms. The molecule has 0 bridgehead atoms. The molecule has 0 spiro atoms. The van der Waals surface area contributed by atoms with E-state index in [4.69, 9.17) is 21.3 Å². The fourth-order valence-electron chi connectivity index (χ4n) is 3.32. The molecule has 0 N–H and O–H groups in total. The highest BCUT2D eigenvalue weighted by Crippen LogP contribution is 2.31. The number of halogens is 2.